The first kappa shape index (κ1) is 14.5. The smallest absolute Gasteiger partial charge is 0.176 e. The van der Waals surface area contributed by atoms with Crippen molar-refractivity contribution < 1.29 is 9.47 Å². The van der Waals surface area contributed by atoms with E-state index in [1.54, 1.807) is 14.2 Å². The topological polar surface area (TPSA) is 30.5 Å². The molecule has 1 aromatic rings. The predicted octanol–water partition coefficient (Wildman–Crippen LogP) is 3.49. The Kier molecular flexibility index (Phi) is 5.43. The van der Waals surface area contributed by atoms with Gasteiger partial charge in [-0.05, 0) is 44.0 Å². The van der Waals surface area contributed by atoms with Gasteiger partial charge in [-0.15, -0.1) is 0 Å². The zero-order valence-corrected chi connectivity index (χ0v) is 12.6. The van der Waals surface area contributed by atoms with Crippen LogP contribution in [0.1, 0.15) is 18.1 Å². The Balaban J connectivity index is 2.81. The third-order valence-corrected chi connectivity index (χ3v) is 3.95. The number of aryl methyl sites for hydroxylation is 2. The maximum absolute atomic E-state index is 5.22. The van der Waals surface area contributed by atoms with Crippen molar-refractivity contribution in [1.82, 2.24) is 0 Å². The fourth-order valence-electron chi connectivity index (χ4n) is 1.86. The lowest BCUT2D eigenvalue weighted by Gasteiger charge is -2.23. The van der Waals surface area contributed by atoms with Gasteiger partial charge in [-0.25, -0.2) is 0 Å². The Bertz CT molecular complexity index is 355. The Morgan fingerprint density at radius 2 is 1.59 bits per heavy atom. The number of hydrogen-bond donors (Lipinski definition) is 1. The first-order chi connectivity index (χ1) is 7.99. The van der Waals surface area contributed by atoms with Crippen molar-refractivity contribution in [1.29, 1.82) is 0 Å². The molecule has 0 aliphatic heterocycles. The quantitative estimate of drug-likeness (QED) is 0.845. The molecule has 1 rings (SSSR count). The van der Waals surface area contributed by atoms with E-state index in [0.29, 0.717) is 0 Å². The van der Waals surface area contributed by atoms with Crippen LogP contribution < -0.4 is 5.32 Å². The van der Waals surface area contributed by atoms with Crippen molar-refractivity contribution in [3.63, 3.8) is 0 Å². The number of halogens is 1. The van der Waals surface area contributed by atoms with Gasteiger partial charge in [-0.1, -0.05) is 15.9 Å². The van der Waals surface area contributed by atoms with Crippen molar-refractivity contribution in [2.75, 3.05) is 19.5 Å². The molecule has 1 aromatic carbocycles. The highest BCUT2D eigenvalue weighted by molar-refractivity contribution is 9.10. The van der Waals surface area contributed by atoms with Crippen LogP contribution in [0.3, 0.4) is 0 Å². The lowest BCUT2D eigenvalue weighted by atomic mass is 10.1. The Morgan fingerprint density at radius 3 is 2.00 bits per heavy atom. The molecule has 0 amide bonds. The van der Waals surface area contributed by atoms with Gasteiger partial charge >= 0.3 is 0 Å². The highest BCUT2D eigenvalue weighted by Gasteiger charge is 2.15. The maximum atomic E-state index is 5.22. The fraction of sp³-hybridized carbons (Fsp3) is 0.538. The van der Waals surface area contributed by atoms with Crippen LogP contribution in [0.15, 0.2) is 16.6 Å². The van der Waals surface area contributed by atoms with Crippen molar-refractivity contribution in [3.05, 3.63) is 27.7 Å². The molecule has 96 valence electrons. The number of benzene rings is 1. The molecule has 0 saturated carbocycles. The molecule has 0 heterocycles. The van der Waals surface area contributed by atoms with E-state index in [2.05, 4.69) is 47.2 Å². The van der Waals surface area contributed by atoms with Crippen LogP contribution in [-0.4, -0.2) is 26.6 Å². The van der Waals surface area contributed by atoms with E-state index in [9.17, 15) is 0 Å². The van der Waals surface area contributed by atoms with E-state index < -0.39 is 0 Å². The second kappa shape index (κ2) is 6.38. The summed E-state index contributed by atoms with van der Waals surface area (Å²) in [6, 6.07) is 4.30. The summed E-state index contributed by atoms with van der Waals surface area (Å²) in [5.41, 5.74) is 3.51. The average molecular weight is 302 g/mol. The second-order valence-electron chi connectivity index (χ2n) is 4.20. The Morgan fingerprint density at radius 1 is 1.12 bits per heavy atom. The Labute approximate surface area is 112 Å². The minimum Gasteiger partial charge on any atom is -0.377 e. The van der Waals surface area contributed by atoms with Crippen LogP contribution in [0.5, 0.6) is 0 Å². The summed E-state index contributed by atoms with van der Waals surface area (Å²) in [4.78, 5) is 0. The zero-order valence-electron chi connectivity index (χ0n) is 11.0. The predicted molar refractivity (Wildman–Crippen MR) is 74.5 cm³/mol. The van der Waals surface area contributed by atoms with Crippen molar-refractivity contribution >= 4 is 21.6 Å². The van der Waals surface area contributed by atoms with E-state index in [-0.39, 0.29) is 12.3 Å². The standard InChI is InChI=1S/C13H20BrNO2/c1-8-6-11(7-9(2)12(8)14)15-10(3)13(16-4)17-5/h6-7,10,13,15H,1-5H3. The van der Waals surface area contributed by atoms with Gasteiger partial charge in [0, 0.05) is 24.4 Å². The van der Waals surface area contributed by atoms with Crippen molar-refractivity contribution in [2.45, 2.75) is 33.1 Å². The van der Waals surface area contributed by atoms with Crippen LogP contribution >= 0.6 is 15.9 Å². The largest absolute Gasteiger partial charge is 0.377 e. The third kappa shape index (κ3) is 3.69. The number of rotatable bonds is 5. The number of nitrogens with one attached hydrogen (secondary N) is 1. The molecule has 1 atom stereocenters. The fourth-order valence-corrected chi connectivity index (χ4v) is 2.09. The summed E-state index contributed by atoms with van der Waals surface area (Å²) in [6.07, 6.45) is -0.251. The van der Waals surface area contributed by atoms with E-state index in [4.69, 9.17) is 9.47 Å². The number of ether oxygens (including phenoxy) is 2. The maximum Gasteiger partial charge on any atom is 0.176 e. The minimum absolute atomic E-state index is 0.0879. The summed E-state index contributed by atoms with van der Waals surface area (Å²) in [5, 5.41) is 3.38. The molecule has 3 nitrogen and oxygen atoms in total. The molecule has 0 saturated heterocycles. The highest BCUT2D eigenvalue weighted by Crippen LogP contribution is 2.25. The minimum atomic E-state index is -0.251. The summed E-state index contributed by atoms with van der Waals surface area (Å²) in [5.74, 6) is 0. The summed E-state index contributed by atoms with van der Waals surface area (Å²) in [7, 11) is 3.29. The molecule has 1 unspecified atom stereocenters. The SMILES string of the molecule is COC(OC)C(C)Nc1cc(C)c(Br)c(C)c1. The van der Waals surface area contributed by atoms with Gasteiger partial charge in [0.05, 0.1) is 6.04 Å². The van der Waals surface area contributed by atoms with Crippen LogP contribution in [0, 0.1) is 13.8 Å². The second-order valence-corrected chi connectivity index (χ2v) is 4.99. The van der Waals surface area contributed by atoms with Crippen LogP contribution in [0.4, 0.5) is 5.69 Å². The van der Waals surface area contributed by atoms with Gasteiger partial charge in [0.15, 0.2) is 6.29 Å². The van der Waals surface area contributed by atoms with Gasteiger partial charge in [0.1, 0.15) is 0 Å². The van der Waals surface area contributed by atoms with Crippen molar-refractivity contribution in [3.8, 4) is 0 Å². The van der Waals surface area contributed by atoms with E-state index >= 15 is 0 Å². The summed E-state index contributed by atoms with van der Waals surface area (Å²) in [6.45, 7) is 6.19. The Hall–Kier alpha value is -0.580. The van der Waals surface area contributed by atoms with Crippen LogP contribution in [0.25, 0.3) is 0 Å². The molecule has 0 bridgehead atoms. The van der Waals surface area contributed by atoms with Crippen molar-refractivity contribution in [2.24, 2.45) is 0 Å². The highest BCUT2D eigenvalue weighted by atomic mass is 79.9. The molecule has 1 N–H and O–H groups in total. The van der Waals surface area contributed by atoms with Gasteiger partial charge in [0.2, 0.25) is 0 Å². The summed E-state index contributed by atoms with van der Waals surface area (Å²) >= 11 is 3.56. The van der Waals surface area contributed by atoms with Gasteiger partial charge in [-0.2, -0.15) is 0 Å². The van der Waals surface area contributed by atoms with Gasteiger partial charge in [-0.3, -0.25) is 0 Å². The van der Waals surface area contributed by atoms with Crippen LogP contribution in [0.2, 0.25) is 0 Å². The monoisotopic (exact) mass is 301 g/mol. The molecule has 0 radical (unpaired) electrons. The molecule has 17 heavy (non-hydrogen) atoms. The molecular formula is C13H20BrNO2. The lowest BCUT2D eigenvalue weighted by Crippen LogP contribution is -2.33. The molecular weight excluding hydrogens is 282 g/mol. The first-order valence-electron chi connectivity index (χ1n) is 5.58. The number of anilines is 1. The normalized spacial score (nSPS) is 12.9. The van der Waals surface area contributed by atoms with E-state index in [1.807, 2.05) is 6.92 Å². The zero-order chi connectivity index (χ0) is 13.0. The molecule has 0 aromatic heterocycles. The molecule has 0 fully saturated rings. The number of methoxy groups -OCH3 is 2. The third-order valence-electron chi connectivity index (χ3n) is 2.70. The van der Waals surface area contributed by atoms with Gasteiger partial charge < -0.3 is 14.8 Å². The average Bonchev–Trinajstić information content (AvgIpc) is 2.27. The molecule has 0 spiro atoms. The summed E-state index contributed by atoms with van der Waals surface area (Å²) < 4.78 is 11.6. The number of hydrogen-bond acceptors (Lipinski definition) is 3. The van der Waals surface area contributed by atoms with E-state index in [1.165, 1.54) is 11.1 Å². The van der Waals surface area contributed by atoms with Crippen LogP contribution in [-0.2, 0) is 9.47 Å². The molecule has 0 aliphatic rings. The first-order valence-corrected chi connectivity index (χ1v) is 6.37. The van der Waals surface area contributed by atoms with Gasteiger partial charge in [0.25, 0.3) is 0 Å². The molecule has 0 aliphatic carbocycles. The van der Waals surface area contributed by atoms with E-state index in [0.717, 1.165) is 10.2 Å². The lowest BCUT2D eigenvalue weighted by molar-refractivity contribution is -0.109. The molecule has 4 heteroatoms.